The van der Waals surface area contributed by atoms with Gasteiger partial charge in [-0.3, -0.25) is 9.79 Å². The normalized spacial score (nSPS) is 17.6. The highest BCUT2D eigenvalue weighted by Gasteiger charge is 2.37. The molecule has 4 nitrogen and oxygen atoms in total. The van der Waals surface area contributed by atoms with Gasteiger partial charge in [0, 0.05) is 11.3 Å². The molecule has 2 aromatic rings. The van der Waals surface area contributed by atoms with Crippen molar-refractivity contribution in [3.05, 3.63) is 64.7 Å². The molecular formula is C22H20ClF2N3OS. The molecule has 4 rings (SSSR count). The van der Waals surface area contributed by atoms with Gasteiger partial charge >= 0.3 is 0 Å². The predicted octanol–water partition coefficient (Wildman–Crippen LogP) is 5.85. The van der Waals surface area contributed by atoms with Crippen LogP contribution in [0.3, 0.4) is 0 Å². The van der Waals surface area contributed by atoms with E-state index in [0.29, 0.717) is 22.0 Å². The first-order chi connectivity index (χ1) is 14.4. The maximum atomic E-state index is 13.8. The van der Waals surface area contributed by atoms with Crippen molar-refractivity contribution in [1.82, 2.24) is 0 Å². The number of thioether (sulfide) groups is 1. The van der Waals surface area contributed by atoms with Crippen LogP contribution in [0.4, 0.5) is 14.5 Å². The summed E-state index contributed by atoms with van der Waals surface area (Å²) in [5.74, 6) is -1.06. The summed E-state index contributed by atoms with van der Waals surface area (Å²) in [5, 5.41) is 3.30. The molecule has 0 unspecified atom stereocenters. The van der Waals surface area contributed by atoms with Crippen LogP contribution >= 0.6 is 23.4 Å². The number of hydrogen-bond acceptors (Lipinski definition) is 4. The largest absolute Gasteiger partial charge is 0.325 e. The average Bonchev–Trinajstić information content (AvgIpc) is 3.07. The smallest absolute Gasteiger partial charge is 0.234 e. The van der Waals surface area contributed by atoms with Gasteiger partial charge in [0.1, 0.15) is 16.7 Å². The first-order valence-electron chi connectivity index (χ1n) is 9.78. The molecule has 1 N–H and O–H groups in total. The number of anilines is 1. The first kappa shape index (κ1) is 21.0. The lowest BCUT2D eigenvalue weighted by molar-refractivity contribution is -0.113. The monoisotopic (exact) mass is 447 g/mol. The lowest BCUT2D eigenvalue weighted by atomic mass is 9.90. The van der Waals surface area contributed by atoms with Crippen molar-refractivity contribution in [1.29, 1.82) is 0 Å². The second kappa shape index (κ2) is 8.86. The Morgan fingerprint density at radius 3 is 2.63 bits per heavy atom. The Hall–Kier alpha value is -2.25. The summed E-state index contributed by atoms with van der Waals surface area (Å²) >= 11 is 7.04. The number of amides is 1. The second-order valence-electron chi connectivity index (χ2n) is 7.40. The van der Waals surface area contributed by atoms with E-state index in [2.05, 4.69) is 5.32 Å². The Bertz CT molecular complexity index is 1030. The molecule has 1 amide bonds. The Kier molecular flexibility index (Phi) is 6.20. The van der Waals surface area contributed by atoms with Gasteiger partial charge in [-0.15, -0.1) is 0 Å². The molecule has 0 saturated heterocycles. The summed E-state index contributed by atoms with van der Waals surface area (Å²) in [6, 6.07) is 10.3. The third-order valence-electron chi connectivity index (χ3n) is 5.13. The van der Waals surface area contributed by atoms with Crippen LogP contribution in [0.25, 0.3) is 0 Å². The zero-order valence-corrected chi connectivity index (χ0v) is 17.7. The molecule has 2 aromatic carbocycles. The highest BCUT2D eigenvalue weighted by atomic mass is 35.5. The fourth-order valence-electron chi connectivity index (χ4n) is 3.69. The summed E-state index contributed by atoms with van der Waals surface area (Å²) in [7, 11) is 0. The van der Waals surface area contributed by atoms with Gasteiger partial charge in [-0.1, -0.05) is 41.9 Å². The molecule has 30 heavy (non-hydrogen) atoms. The summed E-state index contributed by atoms with van der Waals surface area (Å²) in [6.45, 7) is 0. The molecule has 1 aliphatic carbocycles. The van der Waals surface area contributed by atoms with Crippen LogP contribution < -0.4 is 5.32 Å². The standard InChI is InChI=1S/C22H20ClF2N3OS/c23-17-12-16(7-8-18(17)25)26-19(29)13-30-21-20(14-5-4-6-15(24)11-14)27-22(28-21)9-2-1-3-10-22/h4-8,11-12H,1-3,9-10,13H2,(H,26,29). The molecular weight excluding hydrogens is 428 g/mol. The number of hydrogen-bond donors (Lipinski definition) is 1. The quantitative estimate of drug-likeness (QED) is 0.639. The predicted molar refractivity (Wildman–Crippen MR) is 119 cm³/mol. The Morgan fingerprint density at radius 1 is 1.10 bits per heavy atom. The minimum absolute atomic E-state index is 0.0552. The minimum Gasteiger partial charge on any atom is -0.325 e. The molecule has 156 valence electrons. The maximum Gasteiger partial charge on any atom is 0.234 e. The van der Waals surface area contributed by atoms with Crippen LogP contribution in [0.15, 0.2) is 52.4 Å². The SMILES string of the molecule is O=C(CSC1=NC2(CCCCC2)N=C1c1cccc(F)c1)Nc1ccc(F)c(Cl)c1. The van der Waals surface area contributed by atoms with Gasteiger partial charge in [-0.2, -0.15) is 0 Å². The van der Waals surface area contributed by atoms with Crippen molar-refractivity contribution < 1.29 is 13.6 Å². The Balaban J connectivity index is 1.50. The molecule has 2 aliphatic rings. The van der Waals surface area contributed by atoms with Gasteiger partial charge < -0.3 is 5.32 Å². The number of rotatable bonds is 4. The van der Waals surface area contributed by atoms with E-state index in [-0.39, 0.29) is 22.5 Å². The number of carbonyl (C=O) groups excluding carboxylic acids is 1. The van der Waals surface area contributed by atoms with Crippen molar-refractivity contribution in [2.75, 3.05) is 11.1 Å². The van der Waals surface area contributed by atoms with Crippen LogP contribution in [0.2, 0.25) is 5.02 Å². The molecule has 1 spiro atoms. The van der Waals surface area contributed by atoms with Crippen molar-refractivity contribution >= 4 is 45.7 Å². The summed E-state index contributed by atoms with van der Waals surface area (Å²) in [4.78, 5) is 22.2. The van der Waals surface area contributed by atoms with E-state index in [1.54, 1.807) is 12.1 Å². The third-order valence-corrected chi connectivity index (χ3v) is 6.38. The van der Waals surface area contributed by atoms with Crippen LogP contribution in [-0.2, 0) is 4.79 Å². The summed E-state index contributed by atoms with van der Waals surface area (Å²) < 4.78 is 27.1. The zero-order valence-electron chi connectivity index (χ0n) is 16.1. The van der Waals surface area contributed by atoms with Gasteiger partial charge in [-0.05, 0) is 56.0 Å². The average molecular weight is 448 g/mol. The van der Waals surface area contributed by atoms with E-state index >= 15 is 0 Å². The molecule has 1 saturated carbocycles. The van der Waals surface area contributed by atoms with Crippen molar-refractivity contribution in [3.63, 3.8) is 0 Å². The minimum atomic E-state index is -0.543. The third kappa shape index (κ3) is 4.73. The van der Waals surface area contributed by atoms with Crippen LogP contribution in [0, 0.1) is 11.6 Å². The van der Waals surface area contributed by atoms with Crippen molar-refractivity contribution in [3.8, 4) is 0 Å². The highest BCUT2D eigenvalue weighted by Crippen LogP contribution is 2.38. The molecule has 0 bridgehead atoms. The molecule has 8 heteroatoms. The van der Waals surface area contributed by atoms with Gasteiger partial charge in [0.25, 0.3) is 0 Å². The van der Waals surface area contributed by atoms with Gasteiger partial charge in [0.05, 0.1) is 16.5 Å². The van der Waals surface area contributed by atoms with Crippen LogP contribution in [0.5, 0.6) is 0 Å². The fourth-order valence-corrected chi connectivity index (χ4v) is 4.75. The Morgan fingerprint density at radius 2 is 1.90 bits per heavy atom. The van der Waals surface area contributed by atoms with E-state index < -0.39 is 11.5 Å². The lowest BCUT2D eigenvalue weighted by Gasteiger charge is -2.27. The number of carbonyl (C=O) groups is 1. The van der Waals surface area contributed by atoms with Crippen LogP contribution in [-0.4, -0.2) is 28.1 Å². The molecule has 0 aromatic heterocycles. The van der Waals surface area contributed by atoms with Crippen molar-refractivity contribution in [2.24, 2.45) is 9.98 Å². The first-order valence-corrected chi connectivity index (χ1v) is 11.1. The van der Waals surface area contributed by atoms with E-state index in [1.165, 1.54) is 42.1 Å². The van der Waals surface area contributed by atoms with Gasteiger partial charge in [-0.25, -0.2) is 13.8 Å². The number of nitrogens with zero attached hydrogens (tertiary/aromatic N) is 2. The van der Waals surface area contributed by atoms with E-state index in [4.69, 9.17) is 21.6 Å². The fraction of sp³-hybridized carbons (Fsp3) is 0.318. The molecule has 1 aliphatic heterocycles. The number of aliphatic imine (C=N–C) groups is 2. The summed E-state index contributed by atoms with van der Waals surface area (Å²) in [5.41, 5.74) is 1.22. The van der Waals surface area contributed by atoms with E-state index in [1.807, 2.05) is 0 Å². The topological polar surface area (TPSA) is 53.8 Å². The number of nitrogens with one attached hydrogen (secondary N) is 1. The van der Waals surface area contributed by atoms with Gasteiger partial charge in [0.15, 0.2) is 5.66 Å². The maximum absolute atomic E-state index is 13.8. The highest BCUT2D eigenvalue weighted by molar-refractivity contribution is 8.16. The van der Waals surface area contributed by atoms with E-state index in [9.17, 15) is 13.6 Å². The molecule has 0 radical (unpaired) electrons. The summed E-state index contributed by atoms with van der Waals surface area (Å²) in [6.07, 6.45) is 4.97. The van der Waals surface area contributed by atoms with Crippen molar-refractivity contribution in [2.45, 2.75) is 37.8 Å². The zero-order chi connectivity index (χ0) is 21.1. The van der Waals surface area contributed by atoms with Crippen LogP contribution in [0.1, 0.15) is 37.7 Å². The number of halogens is 3. The van der Waals surface area contributed by atoms with E-state index in [0.717, 1.165) is 32.1 Å². The number of benzene rings is 2. The van der Waals surface area contributed by atoms with Gasteiger partial charge in [0.2, 0.25) is 5.91 Å². The molecule has 1 heterocycles. The molecule has 0 atom stereocenters. The lowest BCUT2D eigenvalue weighted by Crippen LogP contribution is -2.25. The molecule has 1 fully saturated rings. The second-order valence-corrected chi connectivity index (χ2v) is 8.77. The Labute approximate surface area is 182 Å².